The summed E-state index contributed by atoms with van der Waals surface area (Å²) in [6.07, 6.45) is 1.29. The number of fused-ring (bicyclic) bond motifs is 1. The van der Waals surface area contributed by atoms with Crippen molar-refractivity contribution in [3.05, 3.63) is 30.1 Å². The fourth-order valence-electron chi connectivity index (χ4n) is 2.29. The van der Waals surface area contributed by atoms with Gasteiger partial charge in [-0.15, -0.1) is 0 Å². The fourth-order valence-corrected chi connectivity index (χ4v) is 2.29. The predicted molar refractivity (Wildman–Crippen MR) is 77.1 cm³/mol. The number of para-hydroxylation sites is 2. The highest BCUT2D eigenvalue weighted by atomic mass is 16.1. The van der Waals surface area contributed by atoms with Crippen LogP contribution in [-0.4, -0.2) is 22.0 Å². The Morgan fingerprint density at radius 1 is 1.37 bits per heavy atom. The average Bonchev–Trinajstić information content (AvgIpc) is 2.76. The number of nitrogens with one attached hydrogen (secondary N) is 1. The standard InChI is InChI=1S/C15H21N3O/c1-4-15(19)16-10-9-14-17-12-7-5-6-8-13(12)18(14)11(2)3/h5-8,11H,4,9-10H2,1-3H3,(H,16,19). The molecule has 0 atom stereocenters. The van der Waals surface area contributed by atoms with Crippen LogP contribution >= 0.6 is 0 Å². The molecule has 0 spiro atoms. The van der Waals surface area contributed by atoms with Gasteiger partial charge < -0.3 is 9.88 Å². The van der Waals surface area contributed by atoms with Gasteiger partial charge in [-0.2, -0.15) is 0 Å². The molecule has 1 amide bonds. The molecule has 4 heteroatoms. The van der Waals surface area contributed by atoms with E-state index in [0.717, 1.165) is 23.3 Å². The lowest BCUT2D eigenvalue weighted by Gasteiger charge is -2.13. The van der Waals surface area contributed by atoms with Gasteiger partial charge in [0.25, 0.3) is 0 Å². The fraction of sp³-hybridized carbons (Fsp3) is 0.467. The van der Waals surface area contributed by atoms with Gasteiger partial charge in [0.2, 0.25) is 5.91 Å². The summed E-state index contributed by atoms with van der Waals surface area (Å²) < 4.78 is 2.24. The van der Waals surface area contributed by atoms with Gasteiger partial charge in [0.15, 0.2) is 0 Å². The number of imidazole rings is 1. The van der Waals surface area contributed by atoms with Crippen LogP contribution in [0.4, 0.5) is 0 Å². The SMILES string of the molecule is CCC(=O)NCCc1nc2ccccc2n1C(C)C. The summed E-state index contributed by atoms with van der Waals surface area (Å²) in [7, 11) is 0. The van der Waals surface area contributed by atoms with Crippen molar-refractivity contribution >= 4 is 16.9 Å². The van der Waals surface area contributed by atoms with Crippen LogP contribution in [0.3, 0.4) is 0 Å². The lowest BCUT2D eigenvalue weighted by Crippen LogP contribution is -2.25. The topological polar surface area (TPSA) is 46.9 Å². The summed E-state index contributed by atoms with van der Waals surface area (Å²) in [5.41, 5.74) is 2.18. The molecule has 102 valence electrons. The van der Waals surface area contributed by atoms with Crippen LogP contribution in [0, 0.1) is 0 Å². The number of amides is 1. The maximum Gasteiger partial charge on any atom is 0.219 e. The number of carbonyl (C=O) groups is 1. The molecule has 1 heterocycles. The second-order valence-corrected chi connectivity index (χ2v) is 4.93. The summed E-state index contributed by atoms with van der Waals surface area (Å²) in [6, 6.07) is 8.52. The number of rotatable bonds is 5. The second-order valence-electron chi connectivity index (χ2n) is 4.93. The summed E-state index contributed by atoms with van der Waals surface area (Å²) in [5.74, 6) is 1.12. The van der Waals surface area contributed by atoms with Gasteiger partial charge in [0, 0.05) is 25.4 Å². The zero-order chi connectivity index (χ0) is 13.8. The monoisotopic (exact) mass is 259 g/mol. The van der Waals surface area contributed by atoms with E-state index in [4.69, 9.17) is 0 Å². The Morgan fingerprint density at radius 3 is 2.79 bits per heavy atom. The van der Waals surface area contributed by atoms with E-state index in [0.29, 0.717) is 19.0 Å². The first-order valence-corrected chi connectivity index (χ1v) is 6.86. The van der Waals surface area contributed by atoms with E-state index in [-0.39, 0.29) is 5.91 Å². The molecule has 0 aliphatic heterocycles. The molecule has 4 nitrogen and oxygen atoms in total. The number of aromatic nitrogens is 2. The third-order valence-electron chi connectivity index (χ3n) is 3.18. The van der Waals surface area contributed by atoms with Crippen molar-refractivity contribution in [1.29, 1.82) is 0 Å². The lowest BCUT2D eigenvalue weighted by atomic mass is 10.3. The van der Waals surface area contributed by atoms with Gasteiger partial charge in [0.1, 0.15) is 5.82 Å². The predicted octanol–water partition coefficient (Wildman–Crippen LogP) is 2.69. The molecule has 1 aromatic carbocycles. The van der Waals surface area contributed by atoms with Crippen LogP contribution in [0.2, 0.25) is 0 Å². The number of carbonyl (C=O) groups excluding carboxylic acids is 1. The largest absolute Gasteiger partial charge is 0.356 e. The number of hydrogen-bond acceptors (Lipinski definition) is 2. The molecular formula is C15H21N3O. The Bertz CT molecular complexity index is 572. The Labute approximate surface area is 113 Å². The van der Waals surface area contributed by atoms with Crippen LogP contribution in [0.1, 0.15) is 39.1 Å². The Balaban J connectivity index is 2.22. The molecule has 2 rings (SSSR count). The first-order valence-electron chi connectivity index (χ1n) is 6.86. The van der Waals surface area contributed by atoms with E-state index < -0.39 is 0 Å². The van der Waals surface area contributed by atoms with E-state index >= 15 is 0 Å². The number of nitrogens with zero attached hydrogens (tertiary/aromatic N) is 2. The molecule has 1 aromatic heterocycles. The zero-order valence-electron chi connectivity index (χ0n) is 11.8. The van der Waals surface area contributed by atoms with Crippen molar-refractivity contribution in [2.75, 3.05) is 6.54 Å². The maximum atomic E-state index is 11.3. The quantitative estimate of drug-likeness (QED) is 0.897. The molecule has 2 aromatic rings. The van der Waals surface area contributed by atoms with Gasteiger partial charge in [-0.1, -0.05) is 19.1 Å². The molecule has 0 aliphatic rings. The maximum absolute atomic E-state index is 11.3. The first kappa shape index (κ1) is 13.6. The Hall–Kier alpha value is -1.84. The minimum Gasteiger partial charge on any atom is -0.356 e. The molecular weight excluding hydrogens is 238 g/mol. The van der Waals surface area contributed by atoms with Gasteiger partial charge in [-0.3, -0.25) is 4.79 Å². The second kappa shape index (κ2) is 5.87. The molecule has 0 aliphatic carbocycles. The van der Waals surface area contributed by atoms with Gasteiger partial charge in [-0.05, 0) is 26.0 Å². The summed E-state index contributed by atoms with van der Waals surface area (Å²) in [4.78, 5) is 15.9. The van der Waals surface area contributed by atoms with E-state index in [1.165, 1.54) is 0 Å². The third kappa shape index (κ3) is 2.95. The van der Waals surface area contributed by atoms with E-state index in [2.05, 4.69) is 34.8 Å². The Morgan fingerprint density at radius 2 is 2.11 bits per heavy atom. The van der Waals surface area contributed by atoms with Gasteiger partial charge in [-0.25, -0.2) is 4.98 Å². The molecule has 1 N–H and O–H groups in total. The van der Waals surface area contributed by atoms with E-state index in [1.807, 2.05) is 25.1 Å². The van der Waals surface area contributed by atoms with Crippen LogP contribution in [-0.2, 0) is 11.2 Å². The zero-order valence-corrected chi connectivity index (χ0v) is 11.8. The summed E-state index contributed by atoms with van der Waals surface area (Å²) >= 11 is 0. The van der Waals surface area contributed by atoms with Crippen molar-refractivity contribution in [3.63, 3.8) is 0 Å². The lowest BCUT2D eigenvalue weighted by molar-refractivity contribution is -0.120. The molecule has 0 saturated heterocycles. The first-order chi connectivity index (χ1) is 9.13. The van der Waals surface area contributed by atoms with Crippen LogP contribution in [0.25, 0.3) is 11.0 Å². The molecule has 19 heavy (non-hydrogen) atoms. The molecule has 0 fully saturated rings. The van der Waals surface area contributed by atoms with E-state index in [1.54, 1.807) is 0 Å². The average molecular weight is 259 g/mol. The third-order valence-corrected chi connectivity index (χ3v) is 3.18. The minimum atomic E-state index is 0.0900. The van der Waals surface area contributed by atoms with Crippen molar-refractivity contribution in [2.45, 2.75) is 39.7 Å². The van der Waals surface area contributed by atoms with Gasteiger partial charge in [0.05, 0.1) is 11.0 Å². The molecule has 0 bridgehead atoms. The van der Waals surface area contributed by atoms with Crippen LogP contribution in [0.15, 0.2) is 24.3 Å². The molecule has 0 radical (unpaired) electrons. The molecule has 0 unspecified atom stereocenters. The number of benzene rings is 1. The van der Waals surface area contributed by atoms with Crippen molar-refractivity contribution < 1.29 is 4.79 Å². The minimum absolute atomic E-state index is 0.0900. The smallest absolute Gasteiger partial charge is 0.219 e. The highest BCUT2D eigenvalue weighted by Crippen LogP contribution is 2.20. The molecule has 0 saturated carbocycles. The Kier molecular flexibility index (Phi) is 4.20. The van der Waals surface area contributed by atoms with Crippen molar-refractivity contribution in [1.82, 2.24) is 14.9 Å². The van der Waals surface area contributed by atoms with Crippen molar-refractivity contribution in [3.8, 4) is 0 Å². The summed E-state index contributed by atoms with van der Waals surface area (Å²) in [6.45, 7) is 6.81. The highest BCUT2D eigenvalue weighted by Gasteiger charge is 2.12. The number of hydrogen-bond donors (Lipinski definition) is 1. The highest BCUT2D eigenvalue weighted by molar-refractivity contribution is 5.76. The van der Waals surface area contributed by atoms with Gasteiger partial charge >= 0.3 is 0 Å². The van der Waals surface area contributed by atoms with Crippen LogP contribution < -0.4 is 5.32 Å². The summed E-state index contributed by atoms with van der Waals surface area (Å²) in [5, 5.41) is 2.90. The van der Waals surface area contributed by atoms with Crippen molar-refractivity contribution in [2.24, 2.45) is 0 Å². The normalized spacial score (nSPS) is 11.2. The van der Waals surface area contributed by atoms with E-state index in [9.17, 15) is 4.79 Å². The van der Waals surface area contributed by atoms with Crippen LogP contribution in [0.5, 0.6) is 0 Å².